The van der Waals surface area contributed by atoms with Gasteiger partial charge in [0.2, 0.25) is 0 Å². The lowest BCUT2D eigenvalue weighted by Crippen LogP contribution is -1.88. The molecule has 4 heteroatoms. The lowest BCUT2D eigenvalue weighted by Gasteiger charge is -2.01. The van der Waals surface area contributed by atoms with E-state index in [1.165, 1.54) is 0 Å². The van der Waals surface area contributed by atoms with Crippen molar-refractivity contribution in [2.75, 3.05) is 0 Å². The number of aryl methyl sites for hydroxylation is 1. The molecule has 0 unspecified atom stereocenters. The van der Waals surface area contributed by atoms with Crippen molar-refractivity contribution in [3.05, 3.63) is 41.3 Å². The summed E-state index contributed by atoms with van der Waals surface area (Å²) in [7, 11) is 0. The highest BCUT2D eigenvalue weighted by Gasteiger charge is 2.06. The molecule has 2 heterocycles. The number of halogens is 1. The van der Waals surface area contributed by atoms with Gasteiger partial charge in [0.05, 0.1) is 0 Å². The van der Waals surface area contributed by atoms with E-state index in [1.54, 1.807) is 0 Å². The molecule has 2 aromatic heterocycles. The highest BCUT2D eigenvalue weighted by molar-refractivity contribution is 6.35. The zero-order chi connectivity index (χ0) is 10.4. The van der Waals surface area contributed by atoms with Crippen molar-refractivity contribution >= 4 is 28.0 Å². The van der Waals surface area contributed by atoms with Gasteiger partial charge in [-0.15, -0.1) is 10.2 Å². The van der Waals surface area contributed by atoms with Crippen LogP contribution in [0.1, 0.15) is 5.82 Å². The van der Waals surface area contributed by atoms with E-state index in [1.807, 2.05) is 41.8 Å². The van der Waals surface area contributed by atoms with E-state index in [2.05, 4.69) is 10.2 Å². The minimum atomic E-state index is 0.746. The van der Waals surface area contributed by atoms with Gasteiger partial charge < -0.3 is 0 Å². The average molecular weight is 218 g/mol. The maximum Gasteiger partial charge on any atom is 0.168 e. The summed E-state index contributed by atoms with van der Waals surface area (Å²) in [6, 6.07) is 7.80. The van der Waals surface area contributed by atoms with Gasteiger partial charge in [-0.25, -0.2) is 0 Å². The Hall–Kier alpha value is -1.61. The highest BCUT2D eigenvalue weighted by atomic mass is 35.5. The molecule has 0 saturated carbocycles. The lowest BCUT2D eigenvalue weighted by atomic mass is 10.2. The fraction of sp³-hybridized carbons (Fsp3) is 0.0909. The van der Waals surface area contributed by atoms with Gasteiger partial charge in [-0.1, -0.05) is 23.7 Å². The molecule has 0 fully saturated rings. The van der Waals surface area contributed by atoms with Crippen molar-refractivity contribution in [3.8, 4) is 0 Å². The number of benzene rings is 1. The summed E-state index contributed by atoms with van der Waals surface area (Å²) in [5.74, 6) is 0.881. The summed E-state index contributed by atoms with van der Waals surface area (Å²) in [6.07, 6.45) is 1.94. The smallest absolute Gasteiger partial charge is 0.168 e. The monoisotopic (exact) mass is 217 g/mol. The summed E-state index contributed by atoms with van der Waals surface area (Å²) >= 11 is 6.11. The molecule has 0 aliphatic carbocycles. The largest absolute Gasteiger partial charge is 0.286 e. The van der Waals surface area contributed by atoms with E-state index in [9.17, 15) is 0 Å². The molecule has 3 nitrogen and oxygen atoms in total. The SMILES string of the molecule is Cc1nnc2c3cccc(Cl)c3ccn12. The van der Waals surface area contributed by atoms with Crippen LogP contribution >= 0.6 is 11.6 Å². The molecule has 3 aromatic rings. The van der Waals surface area contributed by atoms with Crippen LogP contribution in [0, 0.1) is 6.92 Å². The molecular formula is C11H8ClN3. The van der Waals surface area contributed by atoms with Gasteiger partial charge in [0, 0.05) is 22.0 Å². The number of fused-ring (bicyclic) bond motifs is 3. The number of nitrogens with zero attached hydrogens (tertiary/aromatic N) is 3. The third-order valence-electron chi connectivity index (χ3n) is 2.55. The Morgan fingerprint density at radius 1 is 1.13 bits per heavy atom. The fourth-order valence-corrected chi connectivity index (χ4v) is 2.02. The quantitative estimate of drug-likeness (QED) is 0.580. The van der Waals surface area contributed by atoms with E-state index >= 15 is 0 Å². The predicted molar refractivity (Wildman–Crippen MR) is 60.2 cm³/mol. The summed E-state index contributed by atoms with van der Waals surface area (Å²) in [4.78, 5) is 0. The van der Waals surface area contributed by atoms with Gasteiger partial charge in [0.15, 0.2) is 5.65 Å². The van der Waals surface area contributed by atoms with Crippen LogP contribution in [-0.2, 0) is 0 Å². The number of aromatic nitrogens is 3. The van der Waals surface area contributed by atoms with Gasteiger partial charge in [0.25, 0.3) is 0 Å². The van der Waals surface area contributed by atoms with Crippen molar-refractivity contribution in [2.24, 2.45) is 0 Å². The molecule has 0 aliphatic rings. The third kappa shape index (κ3) is 1.13. The highest BCUT2D eigenvalue weighted by Crippen LogP contribution is 2.25. The maximum absolute atomic E-state index is 6.11. The number of hydrogen-bond donors (Lipinski definition) is 0. The Balaban J connectivity index is 2.61. The molecule has 0 spiro atoms. The second-order valence-electron chi connectivity index (χ2n) is 3.46. The van der Waals surface area contributed by atoms with Crippen LogP contribution in [0.5, 0.6) is 0 Å². The van der Waals surface area contributed by atoms with Crippen LogP contribution in [0.15, 0.2) is 30.5 Å². The predicted octanol–water partition coefficient (Wildman–Crippen LogP) is 2.84. The minimum Gasteiger partial charge on any atom is -0.286 e. The topological polar surface area (TPSA) is 30.2 Å². The second-order valence-corrected chi connectivity index (χ2v) is 3.86. The second kappa shape index (κ2) is 2.94. The molecule has 0 aliphatic heterocycles. The Bertz CT molecular complexity index is 657. The van der Waals surface area contributed by atoms with Gasteiger partial charge in [-0.05, 0) is 19.1 Å². The summed E-state index contributed by atoms with van der Waals surface area (Å²) in [5.41, 5.74) is 0.854. The maximum atomic E-state index is 6.11. The first kappa shape index (κ1) is 8.68. The molecule has 0 bridgehead atoms. The van der Waals surface area contributed by atoms with Crippen molar-refractivity contribution in [2.45, 2.75) is 6.92 Å². The zero-order valence-electron chi connectivity index (χ0n) is 8.11. The molecule has 0 atom stereocenters. The fourth-order valence-electron chi connectivity index (χ4n) is 1.78. The average Bonchev–Trinajstić information content (AvgIpc) is 2.61. The molecule has 3 rings (SSSR count). The first-order chi connectivity index (χ1) is 7.27. The number of rotatable bonds is 0. The summed E-state index contributed by atoms with van der Waals surface area (Å²) in [5, 5.41) is 11.0. The van der Waals surface area contributed by atoms with E-state index in [4.69, 9.17) is 11.6 Å². The Labute approximate surface area is 91.3 Å². The molecule has 74 valence electrons. The third-order valence-corrected chi connectivity index (χ3v) is 2.88. The van der Waals surface area contributed by atoms with E-state index < -0.39 is 0 Å². The summed E-state index contributed by atoms with van der Waals surface area (Å²) < 4.78 is 1.96. The van der Waals surface area contributed by atoms with Gasteiger partial charge in [-0.2, -0.15) is 0 Å². The molecule has 15 heavy (non-hydrogen) atoms. The van der Waals surface area contributed by atoms with Crippen molar-refractivity contribution < 1.29 is 0 Å². The van der Waals surface area contributed by atoms with Gasteiger partial charge in [-0.3, -0.25) is 4.40 Å². The van der Waals surface area contributed by atoms with Crippen LogP contribution < -0.4 is 0 Å². The van der Waals surface area contributed by atoms with E-state index in [0.29, 0.717) is 0 Å². The van der Waals surface area contributed by atoms with Crippen LogP contribution in [-0.4, -0.2) is 14.6 Å². The zero-order valence-corrected chi connectivity index (χ0v) is 8.86. The van der Waals surface area contributed by atoms with Crippen molar-refractivity contribution in [1.82, 2.24) is 14.6 Å². The van der Waals surface area contributed by atoms with E-state index in [-0.39, 0.29) is 0 Å². The number of hydrogen-bond acceptors (Lipinski definition) is 2. The van der Waals surface area contributed by atoms with Crippen LogP contribution in [0.2, 0.25) is 5.02 Å². The first-order valence-electron chi connectivity index (χ1n) is 4.66. The van der Waals surface area contributed by atoms with Crippen molar-refractivity contribution in [1.29, 1.82) is 0 Å². The molecular weight excluding hydrogens is 210 g/mol. The normalized spacial score (nSPS) is 11.3. The minimum absolute atomic E-state index is 0.746. The molecule has 0 saturated heterocycles. The number of pyridine rings is 1. The Morgan fingerprint density at radius 3 is 2.87 bits per heavy atom. The van der Waals surface area contributed by atoms with Crippen molar-refractivity contribution in [3.63, 3.8) is 0 Å². The van der Waals surface area contributed by atoms with Crippen LogP contribution in [0.4, 0.5) is 0 Å². The van der Waals surface area contributed by atoms with Gasteiger partial charge >= 0.3 is 0 Å². The molecule has 0 amide bonds. The first-order valence-corrected chi connectivity index (χ1v) is 5.04. The van der Waals surface area contributed by atoms with Crippen LogP contribution in [0.3, 0.4) is 0 Å². The lowest BCUT2D eigenvalue weighted by molar-refractivity contribution is 1.01. The molecule has 0 N–H and O–H groups in total. The summed E-state index contributed by atoms with van der Waals surface area (Å²) in [6.45, 7) is 1.93. The molecule has 1 aromatic carbocycles. The Kier molecular flexibility index (Phi) is 1.70. The van der Waals surface area contributed by atoms with Gasteiger partial charge in [0.1, 0.15) is 5.82 Å². The standard InChI is InChI=1S/C11H8ClN3/c1-7-13-14-11-9-3-2-4-10(12)8(9)5-6-15(7)11/h2-6H,1H3. The Morgan fingerprint density at radius 2 is 2.00 bits per heavy atom. The molecule has 0 radical (unpaired) electrons. The van der Waals surface area contributed by atoms with E-state index in [0.717, 1.165) is 27.3 Å². The van der Waals surface area contributed by atoms with Crippen LogP contribution in [0.25, 0.3) is 16.4 Å².